The first kappa shape index (κ1) is 23.7. The smallest absolute Gasteiger partial charge is 0.341 e. The van der Waals surface area contributed by atoms with Gasteiger partial charge in [-0.05, 0) is 42.8 Å². The number of halogens is 1. The number of thioether (sulfide) groups is 1. The molecular formula is C24H21FN4O3S2. The van der Waals surface area contributed by atoms with Gasteiger partial charge in [-0.2, -0.15) is 0 Å². The average Bonchev–Trinajstić information content (AvgIpc) is 3.42. The molecule has 34 heavy (non-hydrogen) atoms. The minimum absolute atomic E-state index is 0.0657. The Labute approximate surface area is 204 Å². The topological polar surface area (TPSA) is 86.1 Å². The maximum absolute atomic E-state index is 13.2. The zero-order chi connectivity index (χ0) is 24.1. The molecule has 0 fully saturated rings. The average molecular weight is 497 g/mol. The lowest BCUT2D eigenvalue weighted by Gasteiger charge is -2.06. The van der Waals surface area contributed by atoms with Gasteiger partial charge < -0.3 is 14.6 Å². The third-order valence-electron chi connectivity index (χ3n) is 4.81. The minimum atomic E-state index is -0.485. The molecule has 174 valence electrons. The fourth-order valence-electron chi connectivity index (χ4n) is 3.17. The second-order valence-electron chi connectivity index (χ2n) is 7.15. The van der Waals surface area contributed by atoms with Crippen molar-refractivity contribution in [1.29, 1.82) is 0 Å². The first-order valence-corrected chi connectivity index (χ1v) is 12.2. The van der Waals surface area contributed by atoms with Gasteiger partial charge in [0.1, 0.15) is 10.8 Å². The van der Waals surface area contributed by atoms with Crippen LogP contribution in [0.3, 0.4) is 0 Å². The number of ether oxygens (including phenoxy) is 1. The molecule has 0 bridgehead atoms. The molecule has 2 aromatic carbocycles. The number of nitrogens with one attached hydrogen (secondary N) is 1. The van der Waals surface area contributed by atoms with Gasteiger partial charge in [-0.15, -0.1) is 21.5 Å². The lowest BCUT2D eigenvalue weighted by atomic mass is 10.1. The third-order valence-corrected chi connectivity index (χ3v) is 6.93. The molecular weight excluding hydrogens is 475 g/mol. The molecule has 0 unspecified atom stereocenters. The number of aromatic nitrogens is 3. The number of amides is 1. The third kappa shape index (κ3) is 5.35. The van der Waals surface area contributed by atoms with Crippen LogP contribution >= 0.6 is 23.1 Å². The Kier molecular flexibility index (Phi) is 7.39. The van der Waals surface area contributed by atoms with E-state index in [0.29, 0.717) is 21.5 Å². The van der Waals surface area contributed by atoms with Crippen molar-refractivity contribution in [2.45, 2.75) is 12.1 Å². The number of esters is 1. The van der Waals surface area contributed by atoms with E-state index in [-0.39, 0.29) is 24.1 Å². The van der Waals surface area contributed by atoms with Gasteiger partial charge in [0.15, 0.2) is 11.0 Å². The predicted octanol–water partition coefficient (Wildman–Crippen LogP) is 5.26. The minimum Gasteiger partial charge on any atom is -0.462 e. The summed E-state index contributed by atoms with van der Waals surface area (Å²) in [4.78, 5) is 26.0. The van der Waals surface area contributed by atoms with Crippen molar-refractivity contribution in [3.63, 3.8) is 0 Å². The van der Waals surface area contributed by atoms with Crippen LogP contribution in [0.4, 0.5) is 9.39 Å². The van der Waals surface area contributed by atoms with Crippen LogP contribution in [0.2, 0.25) is 0 Å². The van der Waals surface area contributed by atoms with Crippen molar-refractivity contribution >= 4 is 40.0 Å². The first-order chi connectivity index (χ1) is 16.5. The van der Waals surface area contributed by atoms with Gasteiger partial charge in [-0.25, -0.2) is 9.18 Å². The van der Waals surface area contributed by atoms with Crippen LogP contribution in [-0.2, 0) is 16.6 Å². The summed E-state index contributed by atoms with van der Waals surface area (Å²) in [5.41, 5.74) is 1.99. The highest BCUT2D eigenvalue weighted by Crippen LogP contribution is 2.36. The fraction of sp³-hybridized carbons (Fsp3) is 0.167. The molecule has 1 N–H and O–H groups in total. The molecule has 4 aromatic rings. The predicted molar refractivity (Wildman–Crippen MR) is 131 cm³/mol. The summed E-state index contributed by atoms with van der Waals surface area (Å²) in [5, 5.41) is 12.1. The van der Waals surface area contributed by atoms with E-state index in [2.05, 4.69) is 15.5 Å². The summed E-state index contributed by atoms with van der Waals surface area (Å²) in [6.07, 6.45) is 0. The van der Waals surface area contributed by atoms with Crippen LogP contribution in [0.5, 0.6) is 0 Å². The number of rotatable bonds is 8. The van der Waals surface area contributed by atoms with E-state index in [4.69, 9.17) is 4.74 Å². The van der Waals surface area contributed by atoms with Gasteiger partial charge in [0.2, 0.25) is 5.91 Å². The molecule has 0 aliphatic carbocycles. The molecule has 7 nitrogen and oxygen atoms in total. The Bertz CT molecular complexity index is 1300. The molecule has 2 aromatic heterocycles. The molecule has 0 aliphatic heterocycles. The number of carbonyl (C=O) groups is 2. The summed E-state index contributed by atoms with van der Waals surface area (Å²) in [7, 11) is 1.78. The van der Waals surface area contributed by atoms with Crippen LogP contribution in [0, 0.1) is 5.82 Å². The number of carbonyl (C=O) groups excluding carboxylic acids is 2. The summed E-state index contributed by atoms with van der Waals surface area (Å²) in [6, 6.07) is 17.3. The fourth-order valence-corrected chi connectivity index (χ4v) is 4.95. The lowest BCUT2D eigenvalue weighted by Crippen LogP contribution is -2.16. The van der Waals surface area contributed by atoms with Crippen molar-refractivity contribution in [3.05, 3.63) is 72.0 Å². The van der Waals surface area contributed by atoms with E-state index in [1.54, 1.807) is 36.7 Å². The Morgan fingerprint density at radius 3 is 2.53 bits per heavy atom. The van der Waals surface area contributed by atoms with Crippen molar-refractivity contribution in [2.24, 2.45) is 7.05 Å². The molecule has 2 heterocycles. The number of thiophene rings is 1. The van der Waals surface area contributed by atoms with Gasteiger partial charge in [0.05, 0.1) is 17.9 Å². The Hall–Kier alpha value is -3.50. The molecule has 0 spiro atoms. The molecule has 4 rings (SSSR count). The standard InChI is InChI=1S/C24H21FN4O3S2/c1-3-32-23(31)18-13-19(15-7-5-4-6-8-15)34-22(18)26-20(30)14-33-24-28-27-21(29(24)2)16-9-11-17(25)12-10-16/h4-13H,3,14H2,1-2H3,(H,26,30). The largest absolute Gasteiger partial charge is 0.462 e. The first-order valence-electron chi connectivity index (χ1n) is 10.4. The quantitative estimate of drug-likeness (QED) is 0.265. The van der Waals surface area contributed by atoms with Crippen LogP contribution in [-0.4, -0.2) is 39.0 Å². The second-order valence-corrected chi connectivity index (χ2v) is 9.14. The molecule has 0 aliphatic rings. The molecule has 10 heteroatoms. The van der Waals surface area contributed by atoms with Crippen LogP contribution in [0.1, 0.15) is 17.3 Å². The van der Waals surface area contributed by atoms with Crippen molar-refractivity contribution in [3.8, 4) is 21.8 Å². The van der Waals surface area contributed by atoms with Crippen LogP contribution in [0.25, 0.3) is 21.8 Å². The van der Waals surface area contributed by atoms with Crippen molar-refractivity contribution in [2.75, 3.05) is 17.7 Å². The maximum atomic E-state index is 13.2. The molecule has 0 radical (unpaired) electrons. The molecule has 1 amide bonds. The molecule has 0 atom stereocenters. The van der Waals surface area contributed by atoms with Crippen LogP contribution < -0.4 is 5.32 Å². The number of anilines is 1. The Morgan fingerprint density at radius 1 is 1.09 bits per heavy atom. The number of nitrogens with zero attached hydrogens (tertiary/aromatic N) is 3. The number of hydrogen-bond acceptors (Lipinski definition) is 7. The van der Waals surface area contributed by atoms with E-state index in [1.807, 2.05) is 30.3 Å². The molecule has 0 saturated carbocycles. The zero-order valence-corrected chi connectivity index (χ0v) is 20.1. The Balaban J connectivity index is 1.47. The van der Waals surface area contributed by atoms with E-state index >= 15 is 0 Å². The summed E-state index contributed by atoms with van der Waals surface area (Å²) in [6.45, 7) is 1.97. The summed E-state index contributed by atoms with van der Waals surface area (Å²) < 4.78 is 20.1. The van der Waals surface area contributed by atoms with Gasteiger partial charge in [-0.1, -0.05) is 42.1 Å². The van der Waals surface area contributed by atoms with Crippen molar-refractivity contribution < 1.29 is 18.7 Å². The van der Waals surface area contributed by atoms with Gasteiger partial charge in [0, 0.05) is 17.5 Å². The zero-order valence-electron chi connectivity index (χ0n) is 18.4. The highest BCUT2D eigenvalue weighted by molar-refractivity contribution is 7.99. The van der Waals surface area contributed by atoms with Gasteiger partial charge in [-0.3, -0.25) is 4.79 Å². The highest BCUT2D eigenvalue weighted by Gasteiger charge is 2.20. The van der Waals surface area contributed by atoms with Gasteiger partial charge in [0.25, 0.3) is 0 Å². The maximum Gasteiger partial charge on any atom is 0.341 e. The normalized spacial score (nSPS) is 10.8. The van der Waals surface area contributed by atoms with E-state index in [9.17, 15) is 14.0 Å². The lowest BCUT2D eigenvalue weighted by molar-refractivity contribution is -0.113. The van der Waals surface area contributed by atoms with E-state index in [1.165, 1.54) is 35.2 Å². The summed E-state index contributed by atoms with van der Waals surface area (Å²) >= 11 is 2.53. The SMILES string of the molecule is CCOC(=O)c1cc(-c2ccccc2)sc1NC(=O)CSc1nnc(-c2ccc(F)cc2)n1C. The Morgan fingerprint density at radius 2 is 1.82 bits per heavy atom. The number of benzene rings is 2. The second kappa shape index (κ2) is 10.6. The van der Waals surface area contributed by atoms with E-state index < -0.39 is 5.97 Å². The van der Waals surface area contributed by atoms with E-state index in [0.717, 1.165) is 16.0 Å². The number of hydrogen-bond donors (Lipinski definition) is 1. The van der Waals surface area contributed by atoms with Gasteiger partial charge >= 0.3 is 5.97 Å². The van der Waals surface area contributed by atoms with Crippen LogP contribution in [0.15, 0.2) is 65.8 Å². The molecule has 0 saturated heterocycles. The highest BCUT2D eigenvalue weighted by atomic mass is 32.2. The summed E-state index contributed by atoms with van der Waals surface area (Å²) in [5.74, 6) is -0.470. The van der Waals surface area contributed by atoms with Crippen molar-refractivity contribution in [1.82, 2.24) is 14.8 Å². The monoisotopic (exact) mass is 496 g/mol.